The van der Waals surface area contributed by atoms with Gasteiger partial charge in [-0.2, -0.15) is 13.2 Å². The first-order chi connectivity index (χ1) is 19.2. The molecule has 0 spiro atoms. The average Bonchev–Trinajstić information content (AvgIpc) is 3.46. The molecule has 1 aromatic heterocycles. The summed E-state index contributed by atoms with van der Waals surface area (Å²) in [6, 6.07) is 11.4. The summed E-state index contributed by atoms with van der Waals surface area (Å²) in [6.45, 7) is 6.08. The van der Waals surface area contributed by atoms with E-state index in [0.717, 1.165) is 63.6 Å². The van der Waals surface area contributed by atoms with E-state index in [9.17, 15) is 18.0 Å². The quantitative estimate of drug-likeness (QED) is 0.384. The normalized spacial score (nSPS) is 17.3. The van der Waals surface area contributed by atoms with Crippen LogP contribution in [0.5, 0.6) is 0 Å². The number of anilines is 1. The summed E-state index contributed by atoms with van der Waals surface area (Å²) >= 11 is 0. The van der Waals surface area contributed by atoms with Gasteiger partial charge in [-0.25, -0.2) is 9.18 Å². The second kappa shape index (κ2) is 11.9. The second-order valence-electron chi connectivity index (χ2n) is 10.4. The Labute approximate surface area is 230 Å². The summed E-state index contributed by atoms with van der Waals surface area (Å²) in [5.41, 5.74) is 2.01. The van der Waals surface area contributed by atoms with E-state index in [1.165, 1.54) is 12.1 Å². The van der Waals surface area contributed by atoms with Crippen molar-refractivity contribution in [3.63, 3.8) is 0 Å². The van der Waals surface area contributed by atoms with Crippen LogP contribution in [0, 0.1) is 5.82 Å². The Bertz CT molecular complexity index is 1300. The maximum absolute atomic E-state index is 15.2. The summed E-state index contributed by atoms with van der Waals surface area (Å²) in [7, 11) is 2.12. The minimum atomic E-state index is -4.79. The van der Waals surface area contributed by atoms with E-state index in [1.54, 1.807) is 9.80 Å². The van der Waals surface area contributed by atoms with Gasteiger partial charge in [-0.15, -0.1) is 10.2 Å². The third-order valence-electron chi connectivity index (χ3n) is 7.40. The summed E-state index contributed by atoms with van der Waals surface area (Å²) in [4.78, 5) is 21.6. The number of benzene rings is 2. The molecule has 0 N–H and O–H groups in total. The van der Waals surface area contributed by atoms with Gasteiger partial charge in [0.25, 0.3) is 0 Å². The first kappa shape index (κ1) is 28.0. The third kappa shape index (κ3) is 6.61. The molecule has 3 aromatic rings. The number of urea groups is 1. The van der Waals surface area contributed by atoms with Gasteiger partial charge in [0.2, 0.25) is 5.89 Å². The van der Waals surface area contributed by atoms with E-state index in [0.29, 0.717) is 18.8 Å². The number of hydrogen-bond acceptors (Lipinski definition) is 6. The van der Waals surface area contributed by atoms with Gasteiger partial charge >= 0.3 is 18.1 Å². The molecule has 0 bridgehead atoms. The Balaban J connectivity index is 1.36. The fourth-order valence-corrected chi connectivity index (χ4v) is 5.00. The topological polar surface area (TPSA) is 69.0 Å². The first-order valence-electron chi connectivity index (χ1n) is 13.4. The number of likely N-dealkylation sites (tertiary alicyclic amines) is 1. The van der Waals surface area contributed by atoms with E-state index in [1.807, 2.05) is 24.3 Å². The van der Waals surface area contributed by atoms with Crippen LogP contribution in [0.25, 0.3) is 11.5 Å². The number of piperidine rings is 1. The molecule has 12 heteroatoms. The van der Waals surface area contributed by atoms with Crippen molar-refractivity contribution < 1.29 is 26.8 Å². The highest BCUT2D eigenvalue weighted by molar-refractivity contribution is 5.92. The number of hydrogen-bond donors (Lipinski definition) is 0. The van der Waals surface area contributed by atoms with Crippen molar-refractivity contribution in [1.82, 2.24) is 24.9 Å². The highest BCUT2D eigenvalue weighted by Crippen LogP contribution is 2.31. The van der Waals surface area contributed by atoms with Crippen LogP contribution >= 0.6 is 0 Å². The van der Waals surface area contributed by atoms with Crippen LogP contribution in [-0.4, -0.2) is 77.2 Å². The number of halogens is 4. The zero-order valence-electron chi connectivity index (χ0n) is 22.3. The van der Waals surface area contributed by atoms with Crippen molar-refractivity contribution in [1.29, 1.82) is 0 Å². The molecule has 214 valence electrons. The van der Waals surface area contributed by atoms with Crippen molar-refractivity contribution in [3.05, 3.63) is 65.3 Å². The monoisotopic (exact) mass is 560 g/mol. The summed E-state index contributed by atoms with van der Waals surface area (Å²) in [5.74, 6) is -2.62. The molecule has 0 aliphatic carbocycles. The van der Waals surface area contributed by atoms with Crippen molar-refractivity contribution in [3.8, 4) is 11.5 Å². The molecule has 2 aliphatic rings. The Morgan fingerprint density at radius 2 is 1.65 bits per heavy atom. The van der Waals surface area contributed by atoms with Crippen LogP contribution < -0.4 is 4.90 Å². The Morgan fingerprint density at radius 3 is 2.27 bits per heavy atom. The smallest absolute Gasteiger partial charge is 0.413 e. The average molecular weight is 561 g/mol. The van der Waals surface area contributed by atoms with Crippen LogP contribution in [0.4, 0.5) is 28.0 Å². The molecular weight excluding hydrogens is 528 g/mol. The number of carbonyl (C=O) groups excluding carboxylic acids is 1. The lowest BCUT2D eigenvalue weighted by atomic mass is 10.1. The van der Waals surface area contributed by atoms with Gasteiger partial charge in [0, 0.05) is 62.6 Å². The molecule has 2 aromatic carbocycles. The standard InChI is InChI=1S/C28H32F4N6O2/c1-35-13-15-36(16-14-35)18-20-5-9-23(10-6-20)38(27(39)37-11-3-2-4-12-37)19-22-8-7-21(17-24(22)29)25-33-34-26(40-25)28(30,31)32/h5-10,17H,2-4,11-16,18-19H2,1H3. The predicted molar refractivity (Wildman–Crippen MR) is 141 cm³/mol. The zero-order valence-corrected chi connectivity index (χ0v) is 22.3. The fraction of sp³-hybridized carbons (Fsp3) is 0.464. The molecular formula is C28H32F4N6O2. The maximum atomic E-state index is 15.2. The fourth-order valence-electron chi connectivity index (χ4n) is 5.00. The Hall–Kier alpha value is -3.51. The van der Waals surface area contributed by atoms with Crippen molar-refractivity contribution in [2.24, 2.45) is 0 Å². The molecule has 0 atom stereocenters. The van der Waals surface area contributed by atoms with Gasteiger partial charge in [0.15, 0.2) is 0 Å². The number of nitrogens with zero attached hydrogens (tertiary/aromatic N) is 6. The molecule has 5 rings (SSSR count). The molecule has 2 aliphatic heterocycles. The highest BCUT2D eigenvalue weighted by atomic mass is 19.4. The maximum Gasteiger partial charge on any atom is 0.470 e. The molecule has 8 nitrogen and oxygen atoms in total. The lowest BCUT2D eigenvalue weighted by Gasteiger charge is -2.34. The third-order valence-corrected chi connectivity index (χ3v) is 7.40. The minimum Gasteiger partial charge on any atom is -0.413 e. The highest BCUT2D eigenvalue weighted by Gasteiger charge is 2.38. The predicted octanol–water partition coefficient (Wildman–Crippen LogP) is 5.25. The number of carbonyl (C=O) groups is 1. The summed E-state index contributed by atoms with van der Waals surface area (Å²) < 4.78 is 58.4. The minimum absolute atomic E-state index is 0.0198. The molecule has 2 fully saturated rings. The number of alkyl halides is 3. The van der Waals surface area contributed by atoms with Gasteiger partial charge in [0.1, 0.15) is 5.82 Å². The number of rotatable bonds is 6. The molecule has 0 saturated carbocycles. The van der Waals surface area contributed by atoms with Crippen LogP contribution in [0.2, 0.25) is 0 Å². The van der Waals surface area contributed by atoms with E-state index < -0.39 is 23.8 Å². The lowest BCUT2D eigenvalue weighted by Crippen LogP contribution is -2.45. The molecule has 0 radical (unpaired) electrons. The number of likely N-dealkylation sites (N-methyl/N-ethyl adjacent to an activating group) is 1. The van der Waals surface area contributed by atoms with Gasteiger partial charge in [-0.1, -0.05) is 18.2 Å². The van der Waals surface area contributed by atoms with Crippen LogP contribution in [0.3, 0.4) is 0 Å². The molecule has 2 amide bonds. The molecule has 2 saturated heterocycles. The van der Waals surface area contributed by atoms with E-state index >= 15 is 4.39 Å². The summed E-state index contributed by atoms with van der Waals surface area (Å²) in [5, 5.41) is 6.39. The van der Waals surface area contributed by atoms with Gasteiger partial charge in [0.05, 0.1) is 6.54 Å². The first-order valence-corrected chi connectivity index (χ1v) is 13.4. The van der Waals surface area contributed by atoms with Gasteiger partial charge in [-0.05, 0) is 56.1 Å². The number of amides is 2. The zero-order chi connectivity index (χ0) is 28.3. The second-order valence-corrected chi connectivity index (χ2v) is 10.4. The molecule has 40 heavy (non-hydrogen) atoms. The summed E-state index contributed by atoms with van der Waals surface area (Å²) in [6.07, 6.45) is -1.90. The van der Waals surface area contributed by atoms with Gasteiger partial charge in [-0.3, -0.25) is 9.80 Å². The van der Waals surface area contributed by atoms with Crippen LogP contribution in [-0.2, 0) is 19.3 Å². The van der Waals surface area contributed by atoms with Crippen molar-refractivity contribution >= 4 is 11.7 Å². The Kier molecular flexibility index (Phi) is 8.36. The largest absolute Gasteiger partial charge is 0.470 e. The Morgan fingerprint density at radius 1 is 0.950 bits per heavy atom. The number of aromatic nitrogens is 2. The van der Waals surface area contributed by atoms with Crippen LogP contribution in [0.15, 0.2) is 46.9 Å². The van der Waals surface area contributed by atoms with Gasteiger partial charge < -0.3 is 14.2 Å². The number of piperazine rings is 1. The SMILES string of the molecule is CN1CCN(Cc2ccc(N(Cc3ccc(-c4nnc(C(F)(F)F)o4)cc3F)C(=O)N3CCCCC3)cc2)CC1. The van der Waals surface area contributed by atoms with E-state index in [2.05, 4.69) is 31.5 Å². The molecule has 0 unspecified atom stereocenters. The van der Waals surface area contributed by atoms with Crippen LogP contribution in [0.1, 0.15) is 36.3 Å². The van der Waals surface area contributed by atoms with E-state index in [-0.39, 0.29) is 23.7 Å². The van der Waals surface area contributed by atoms with Crippen molar-refractivity contribution in [2.45, 2.75) is 38.5 Å². The van der Waals surface area contributed by atoms with Crippen molar-refractivity contribution in [2.75, 3.05) is 51.2 Å². The molecule has 3 heterocycles. The van der Waals surface area contributed by atoms with E-state index in [4.69, 9.17) is 0 Å². The lowest BCUT2D eigenvalue weighted by molar-refractivity contribution is -0.156.